The molecule has 4 nitrogen and oxygen atoms in total. The van der Waals surface area contributed by atoms with Gasteiger partial charge in [-0.25, -0.2) is 9.97 Å². The van der Waals surface area contributed by atoms with E-state index in [-0.39, 0.29) is 0 Å². The molecule has 1 fully saturated rings. The van der Waals surface area contributed by atoms with Gasteiger partial charge in [0.1, 0.15) is 12.1 Å². The maximum atomic E-state index is 6.30. The fraction of sp³-hybridized carbons (Fsp3) is 0.280. The molecular formula is C25H25ClN4. The molecule has 2 aromatic heterocycles. The van der Waals surface area contributed by atoms with E-state index in [1.54, 1.807) is 6.33 Å². The summed E-state index contributed by atoms with van der Waals surface area (Å²) in [6.07, 6.45) is 5.12. The predicted octanol–water partition coefficient (Wildman–Crippen LogP) is 6.22. The highest BCUT2D eigenvalue weighted by atomic mass is 35.5. The lowest BCUT2D eigenvalue weighted by atomic mass is 9.91. The minimum Gasteiger partial charge on any atom is -0.355 e. The fourth-order valence-corrected chi connectivity index (χ4v) is 4.97. The number of aromatic nitrogens is 3. The van der Waals surface area contributed by atoms with Crippen molar-refractivity contribution in [1.29, 1.82) is 0 Å². The molecule has 4 aromatic rings. The van der Waals surface area contributed by atoms with E-state index in [0.29, 0.717) is 16.9 Å². The van der Waals surface area contributed by atoms with Gasteiger partial charge in [-0.2, -0.15) is 0 Å². The zero-order valence-corrected chi connectivity index (χ0v) is 18.0. The quantitative estimate of drug-likeness (QED) is 0.397. The monoisotopic (exact) mass is 416 g/mol. The van der Waals surface area contributed by atoms with E-state index in [4.69, 9.17) is 21.6 Å². The van der Waals surface area contributed by atoms with Crippen LogP contribution in [-0.2, 0) is 0 Å². The lowest BCUT2D eigenvalue weighted by Gasteiger charge is -2.36. The summed E-state index contributed by atoms with van der Waals surface area (Å²) in [5, 5.41) is 1.81. The molecule has 1 aliphatic heterocycles. The molecule has 1 saturated heterocycles. The van der Waals surface area contributed by atoms with Crippen molar-refractivity contribution in [3.63, 3.8) is 0 Å². The summed E-state index contributed by atoms with van der Waals surface area (Å²) in [7, 11) is 0. The highest BCUT2D eigenvalue weighted by molar-refractivity contribution is 6.30. The third kappa shape index (κ3) is 3.46. The van der Waals surface area contributed by atoms with Gasteiger partial charge in [0.25, 0.3) is 0 Å². The molecule has 1 aliphatic rings. The summed E-state index contributed by atoms with van der Waals surface area (Å²) in [5.41, 5.74) is 4.22. The van der Waals surface area contributed by atoms with E-state index in [9.17, 15) is 0 Å². The Morgan fingerprint density at radius 3 is 2.43 bits per heavy atom. The second kappa shape index (κ2) is 7.77. The normalized spacial score (nSPS) is 19.4. The second-order valence-electron chi connectivity index (χ2n) is 8.51. The standard InChI is InChI=1S/C25H25ClN4/c1-17-11-18(2)14-29(13-17)24-23-22(19-7-4-3-5-8-19)15-30(25(23)28-16-27-24)21-10-6-9-20(26)12-21/h3-10,12,15-18H,11,13-14H2,1-2H3/t17-,18+. The minimum absolute atomic E-state index is 0.647. The molecule has 0 bridgehead atoms. The van der Waals surface area contributed by atoms with Crippen molar-refractivity contribution in [1.82, 2.24) is 14.5 Å². The Kier molecular flexibility index (Phi) is 4.95. The molecule has 5 heteroatoms. The number of piperidine rings is 1. The third-order valence-electron chi connectivity index (χ3n) is 5.90. The lowest BCUT2D eigenvalue weighted by molar-refractivity contribution is 0.356. The van der Waals surface area contributed by atoms with Crippen LogP contribution < -0.4 is 4.90 Å². The summed E-state index contributed by atoms with van der Waals surface area (Å²) in [4.78, 5) is 11.9. The van der Waals surface area contributed by atoms with Gasteiger partial charge in [-0.15, -0.1) is 0 Å². The zero-order chi connectivity index (χ0) is 20.7. The van der Waals surface area contributed by atoms with Crippen molar-refractivity contribution < 1.29 is 0 Å². The van der Waals surface area contributed by atoms with Crippen LogP contribution in [0.15, 0.2) is 67.1 Å². The Balaban J connectivity index is 1.76. The van der Waals surface area contributed by atoms with Gasteiger partial charge in [0.2, 0.25) is 0 Å². The van der Waals surface area contributed by atoms with E-state index in [2.05, 4.69) is 59.8 Å². The number of rotatable bonds is 3. The maximum absolute atomic E-state index is 6.30. The maximum Gasteiger partial charge on any atom is 0.150 e. The van der Waals surface area contributed by atoms with Gasteiger partial charge in [0.05, 0.1) is 5.39 Å². The molecule has 0 aliphatic carbocycles. The largest absolute Gasteiger partial charge is 0.355 e. The van der Waals surface area contributed by atoms with Crippen molar-refractivity contribution in [2.75, 3.05) is 18.0 Å². The predicted molar refractivity (Wildman–Crippen MR) is 124 cm³/mol. The number of anilines is 1. The lowest BCUT2D eigenvalue weighted by Crippen LogP contribution is -2.39. The molecular weight excluding hydrogens is 392 g/mol. The van der Waals surface area contributed by atoms with Crippen molar-refractivity contribution in [2.45, 2.75) is 20.3 Å². The fourth-order valence-electron chi connectivity index (χ4n) is 4.78. The molecule has 0 spiro atoms. The Morgan fingerprint density at radius 2 is 1.70 bits per heavy atom. The second-order valence-corrected chi connectivity index (χ2v) is 8.94. The Bertz CT molecular complexity index is 1170. The smallest absolute Gasteiger partial charge is 0.150 e. The van der Waals surface area contributed by atoms with Gasteiger partial charge in [-0.3, -0.25) is 0 Å². The van der Waals surface area contributed by atoms with Gasteiger partial charge < -0.3 is 9.47 Å². The summed E-state index contributed by atoms with van der Waals surface area (Å²) >= 11 is 6.30. The van der Waals surface area contributed by atoms with Crippen LogP contribution in [0.25, 0.3) is 27.8 Å². The Hall–Kier alpha value is -2.85. The van der Waals surface area contributed by atoms with Gasteiger partial charge in [0.15, 0.2) is 5.65 Å². The molecule has 152 valence electrons. The van der Waals surface area contributed by atoms with Crippen LogP contribution in [0.5, 0.6) is 0 Å². The average molecular weight is 417 g/mol. The number of nitrogens with zero attached hydrogens (tertiary/aromatic N) is 4. The number of benzene rings is 2. The number of hydrogen-bond donors (Lipinski definition) is 0. The van der Waals surface area contributed by atoms with Crippen LogP contribution in [0.1, 0.15) is 20.3 Å². The van der Waals surface area contributed by atoms with E-state index < -0.39 is 0 Å². The van der Waals surface area contributed by atoms with Gasteiger partial charge in [-0.05, 0) is 42.0 Å². The van der Waals surface area contributed by atoms with Crippen LogP contribution in [-0.4, -0.2) is 27.6 Å². The van der Waals surface area contributed by atoms with Crippen LogP contribution in [0.4, 0.5) is 5.82 Å². The van der Waals surface area contributed by atoms with Crippen molar-refractivity contribution >= 4 is 28.5 Å². The number of hydrogen-bond acceptors (Lipinski definition) is 3. The molecule has 3 heterocycles. The first kappa shape index (κ1) is 19.1. The molecule has 0 saturated carbocycles. The summed E-state index contributed by atoms with van der Waals surface area (Å²) < 4.78 is 2.13. The Morgan fingerprint density at radius 1 is 0.933 bits per heavy atom. The van der Waals surface area contributed by atoms with Crippen LogP contribution >= 0.6 is 11.6 Å². The van der Waals surface area contributed by atoms with Crippen LogP contribution in [0.3, 0.4) is 0 Å². The summed E-state index contributed by atoms with van der Waals surface area (Å²) in [6.45, 7) is 6.70. The van der Waals surface area contributed by atoms with Crippen molar-refractivity contribution in [2.24, 2.45) is 11.8 Å². The van der Waals surface area contributed by atoms with Gasteiger partial charge in [0, 0.05) is 35.6 Å². The topological polar surface area (TPSA) is 34.0 Å². The van der Waals surface area contributed by atoms with E-state index in [1.807, 2.05) is 24.3 Å². The molecule has 0 radical (unpaired) electrons. The van der Waals surface area contributed by atoms with E-state index in [0.717, 1.165) is 46.8 Å². The number of fused-ring (bicyclic) bond motifs is 1. The number of halogens is 1. The van der Waals surface area contributed by atoms with Gasteiger partial charge >= 0.3 is 0 Å². The molecule has 0 N–H and O–H groups in total. The van der Waals surface area contributed by atoms with E-state index >= 15 is 0 Å². The first-order valence-corrected chi connectivity index (χ1v) is 10.9. The highest BCUT2D eigenvalue weighted by Gasteiger charge is 2.26. The summed E-state index contributed by atoms with van der Waals surface area (Å²) in [6, 6.07) is 18.4. The zero-order valence-electron chi connectivity index (χ0n) is 17.3. The van der Waals surface area contributed by atoms with Gasteiger partial charge in [-0.1, -0.05) is 61.8 Å². The molecule has 0 amide bonds. The SMILES string of the molecule is C[C@@H]1C[C@H](C)CN(c2ncnc3c2c(-c2ccccc2)cn3-c2cccc(Cl)c2)C1. The third-order valence-corrected chi connectivity index (χ3v) is 6.14. The average Bonchev–Trinajstić information content (AvgIpc) is 3.13. The minimum atomic E-state index is 0.647. The molecule has 0 unspecified atom stereocenters. The Labute approximate surface area is 182 Å². The first-order chi connectivity index (χ1) is 14.6. The van der Waals surface area contributed by atoms with Crippen molar-refractivity contribution in [3.8, 4) is 16.8 Å². The van der Waals surface area contributed by atoms with Crippen molar-refractivity contribution in [3.05, 3.63) is 72.1 Å². The van der Waals surface area contributed by atoms with E-state index in [1.165, 1.54) is 6.42 Å². The van der Waals surface area contributed by atoms with Crippen LogP contribution in [0.2, 0.25) is 5.02 Å². The summed E-state index contributed by atoms with van der Waals surface area (Å²) in [5.74, 6) is 2.32. The first-order valence-electron chi connectivity index (χ1n) is 10.5. The van der Waals surface area contributed by atoms with Crippen LogP contribution in [0, 0.1) is 11.8 Å². The molecule has 2 aromatic carbocycles. The highest BCUT2D eigenvalue weighted by Crippen LogP contribution is 2.38. The molecule has 30 heavy (non-hydrogen) atoms. The molecule has 5 rings (SSSR count). The molecule has 2 atom stereocenters.